The molecule has 0 aliphatic rings. The second kappa shape index (κ2) is 6.53. The average molecular weight is 337 g/mol. The van der Waals surface area contributed by atoms with E-state index in [-0.39, 0.29) is 11.4 Å². The minimum absolute atomic E-state index is 0.336. The summed E-state index contributed by atoms with van der Waals surface area (Å²) in [5.41, 5.74) is -1.82. The Morgan fingerprint density at radius 3 is 2.26 bits per heavy atom. The quantitative estimate of drug-likeness (QED) is 0.736. The van der Waals surface area contributed by atoms with Crippen LogP contribution in [0.5, 0.6) is 11.5 Å². The normalized spacial score (nSPS) is 13.4. The number of phenolic OH excluding ortho intramolecular Hbond substituents is 1. The molecule has 0 heterocycles. The molecule has 0 aliphatic heterocycles. The van der Waals surface area contributed by atoms with Gasteiger partial charge < -0.3 is 19.7 Å². The highest BCUT2D eigenvalue weighted by Crippen LogP contribution is 2.41. The lowest BCUT2D eigenvalue weighted by Crippen LogP contribution is -2.27. The van der Waals surface area contributed by atoms with Crippen LogP contribution in [0.4, 0.5) is 23.7 Å². The predicted molar refractivity (Wildman–Crippen MR) is 75.5 cm³/mol. The molecular weight excluding hydrogens is 319 g/mol. The number of methoxy groups -OCH3 is 1. The number of benzene rings is 1. The molecule has 0 aromatic heterocycles. The molecule has 0 bridgehead atoms. The highest BCUT2D eigenvalue weighted by atomic mass is 19.4. The summed E-state index contributed by atoms with van der Waals surface area (Å²) in [4.78, 5) is 11.7. The number of aliphatic hydroxyl groups excluding tert-OH is 1. The van der Waals surface area contributed by atoms with Crippen molar-refractivity contribution in [3.05, 3.63) is 17.7 Å². The highest BCUT2D eigenvalue weighted by molar-refractivity contribution is 5.88. The number of nitrogens with one attached hydrogen (secondary N) is 1. The Morgan fingerprint density at radius 1 is 1.26 bits per heavy atom. The van der Waals surface area contributed by atoms with Crippen molar-refractivity contribution >= 4 is 11.8 Å². The Bertz CT molecular complexity index is 581. The number of carbonyl (C=O) groups excluding carboxylic acids is 1. The molecule has 6 nitrogen and oxygen atoms in total. The van der Waals surface area contributed by atoms with E-state index >= 15 is 0 Å². The molecule has 1 rings (SSSR count). The number of amides is 1. The zero-order valence-corrected chi connectivity index (χ0v) is 13.0. The predicted octanol–water partition coefficient (Wildman–Crippen LogP) is 3.34. The maximum absolute atomic E-state index is 12.6. The number of alkyl halides is 3. The minimum atomic E-state index is -4.91. The maximum atomic E-state index is 12.6. The molecule has 23 heavy (non-hydrogen) atoms. The van der Waals surface area contributed by atoms with Crippen molar-refractivity contribution in [2.75, 3.05) is 12.4 Å². The summed E-state index contributed by atoms with van der Waals surface area (Å²) < 4.78 is 47.6. The SMILES string of the molecule is COc1cc([C@H](O)C(F)(F)F)cc(NC(=O)OC(C)(C)C)c1O. The fourth-order valence-corrected chi connectivity index (χ4v) is 1.64. The first kappa shape index (κ1) is 18.9. The third-order valence-electron chi connectivity index (χ3n) is 2.58. The summed E-state index contributed by atoms with van der Waals surface area (Å²) in [5.74, 6) is -0.923. The van der Waals surface area contributed by atoms with Crippen LogP contribution in [0.3, 0.4) is 0 Å². The van der Waals surface area contributed by atoms with E-state index in [1.165, 1.54) is 0 Å². The van der Waals surface area contributed by atoms with Crippen LogP contribution < -0.4 is 10.1 Å². The Morgan fingerprint density at radius 2 is 1.83 bits per heavy atom. The van der Waals surface area contributed by atoms with Crippen molar-refractivity contribution in [2.45, 2.75) is 38.7 Å². The van der Waals surface area contributed by atoms with Crippen molar-refractivity contribution in [2.24, 2.45) is 0 Å². The molecule has 1 aromatic rings. The van der Waals surface area contributed by atoms with Gasteiger partial charge in [-0.15, -0.1) is 0 Å². The van der Waals surface area contributed by atoms with Gasteiger partial charge in [0.05, 0.1) is 12.8 Å². The number of anilines is 1. The molecule has 1 atom stereocenters. The third kappa shape index (κ3) is 5.20. The van der Waals surface area contributed by atoms with Crippen molar-refractivity contribution < 1.29 is 37.7 Å². The van der Waals surface area contributed by atoms with Gasteiger partial charge in [0.15, 0.2) is 17.6 Å². The number of carbonyl (C=O) groups is 1. The Kier molecular flexibility index (Phi) is 5.36. The summed E-state index contributed by atoms with van der Waals surface area (Å²) in [7, 11) is 1.12. The second-order valence-electron chi connectivity index (χ2n) is 5.69. The van der Waals surface area contributed by atoms with Gasteiger partial charge in [-0.25, -0.2) is 4.79 Å². The van der Waals surface area contributed by atoms with E-state index in [4.69, 9.17) is 9.47 Å². The van der Waals surface area contributed by atoms with E-state index in [0.29, 0.717) is 0 Å². The van der Waals surface area contributed by atoms with Crippen LogP contribution in [-0.2, 0) is 4.74 Å². The second-order valence-corrected chi connectivity index (χ2v) is 5.69. The number of halogens is 3. The molecule has 9 heteroatoms. The monoisotopic (exact) mass is 337 g/mol. The molecule has 0 saturated heterocycles. The van der Waals surface area contributed by atoms with Crippen LogP contribution in [0.2, 0.25) is 0 Å². The molecule has 3 N–H and O–H groups in total. The van der Waals surface area contributed by atoms with Crippen molar-refractivity contribution in [3.63, 3.8) is 0 Å². The Balaban J connectivity index is 3.19. The van der Waals surface area contributed by atoms with Crippen LogP contribution in [0.1, 0.15) is 32.4 Å². The van der Waals surface area contributed by atoms with Gasteiger partial charge >= 0.3 is 12.3 Å². The van der Waals surface area contributed by atoms with Gasteiger partial charge in [0.2, 0.25) is 0 Å². The molecule has 1 aromatic carbocycles. The molecular formula is C14H18F3NO5. The largest absolute Gasteiger partial charge is 0.503 e. The number of phenols is 1. The number of rotatable bonds is 3. The number of hydrogen-bond donors (Lipinski definition) is 3. The van der Waals surface area contributed by atoms with Gasteiger partial charge in [-0.05, 0) is 38.5 Å². The van der Waals surface area contributed by atoms with Crippen LogP contribution in [0.25, 0.3) is 0 Å². The molecule has 0 unspecified atom stereocenters. The fourth-order valence-electron chi connectivity index (χ4n) is 1.64. The minimum Gasteiger partial charge on any atom is -0.503 e. The fraction of sp³-hybridized carbons (Fsp3) is 0.500. The first-order chi connectivity index (χ1) is 10.3. The summed E-state index contributed by atoms with van der Waals surface area (Å²) >= 11 is 0. The molecule has 130 valence electrons. The number of hydrogen-bond acceptors (Lipinski definition) is 5. The van der Waals surface area contributed by atoms with Crippen molar-refractivity contribution in [1.82, 2.24) is 0 Å². The number of aromatic hydroxyl groups is 1. The average Bonchev–Trinajstić information content (AvgIpc) is 2.37. The molecule has 1 amide bonds. The van der Waals surface area contributed by atoms with Gasteiger partial charge in [-0.3, -0.25) is 5.32 Å². The lowest BCUT2D eigenvalue weighted by molar-refractivity contribution is -0.206. The topological polar surface area (TPSA) is 88.0 Å². The van der Waals surface area contributed by atoms with Gasteiger partial charge in [-0.2, -0.15) is 13.2 Å². The van der Waals surface area contributed by atoms with Gasteiger partial charge in [0.1, 0.15) is 5.60 Å². The third-order valence-corrected chi connectivity index (χ3v) is 2.58. The summed E-state index contributed by atoms with van der Waals surface area (Å²) in [6, 6.07) is 1.62. The molecule has 0 aliphatic carbocycles. The lowest BCUT2D eigenvalue weighted by atomic mass is 10.1. The highest BCUT2D eigenvalue weighted by Gasteiger charge is 2.40. The molecule has 0 radical (unpaired) electrons. The van der Waals surface area contributed by atoms with Gasteiger partial charge in [0.25, 0.3) is 0 Å². The standard InChI is InChI=1S/C14H18F3NO5/c1-13(2,3)23-12(21)18-8-5-7(11(20)14(15,16)17)6-9(22-4)10(8)19/h5-6,11,19-20H,1-4H3,(H,18,21)/t11-/m0/s1. The van der Waals surface area contributed by atoms with Crippen molar-refractivity contribution in [3.8, 4) is 11.5 Å². The summed E-state index contributed by atoms with van der Waals surface area (Å²) in [5, 5.41) is 21.3. The lowest BCUT2D eigenvalue weighted by Gasteiger charge is -2.21. The summed E-state index contributed by atoms with van der Waals surface area (Å²) in [6.07, 6.45) is -8.68. The molecule has 0 fully saturated rings. The van der Waals surface area contributed by atoms with Crippen LogP contribution in [0, 0.1) is 0 Å². The summed E-state index contributed by atoms with van der Waals surface area (Å²) in [6.45, 7) is 4.78. The molecule has 0 spiro atoms. The van der Waals surface area contributed by atoms with Gasteiger partial charge in [-0.1, -0.05) is 0 Å². The Hall–Kier alpha value is -2.16. The van der Waals surface area contributed by atoms with Gasteiger partial charge in [0, 0.05) is 0 Å². The van der Waals surface area contributed by atoms with E-state index in [1.807, 2.05) is 0 Å². The van der Waals surface area contributed by atoms with Crippen molar-refractivity contribution in [1.29, 1.82) is 0 Å². The number of ether oxygens (including phenoxy) is 2. The van der Waals surface area contributed by atoms with E-state index in [1.54, 1.807) is 20.8 Å². The first-order valence-electron chi connectivity index (χ1n) is 6.51. The molecule has 0 saturated carbocycles. The number of aliphatic hydroxyl groups is 1. The van der Waals surface area contributed by atoms with Crippen LogP contribution >= 0.6 is 0 Å². The van der Waals surface area contributed by atoms with E-state index in [9.17, 15) is 28.2 Å². The van der Waals surface area contributed by atoms with E-state index < -0.39 is 35.3 Å². The van der Waals surface area contributed by atoms with E-state index in [2.05, 4.69) is 5.32 Å². The van der Waals surface area contributed by atoms with E-state index in [0.717, 1.165) is 19.2 Å². The zero-order chi connectivity index (χ0) is 18.0. The van der Waals surface area contributed by atoms with Crippen LogP contribution in [0.15, 0.2) is 12.1 Å². The zero-order valence-electron chi connectivity index (χ0n) is 13.0. The maximum Gasteiger partial charge on any atom is 0.418 e. The van der Waals surface area contributed by atoms with Crippen LogP contribution in [-0.4, -0.2) is 35.2 Å². The smallest absolute Gasteiger partial charge is 0.418 e. The Labute approximate surface area is 130 Å². The first-order valence-corrected chi connectivity index (χ1v) is 6.51.